The number of amides is 4. The molecule has 1 heterocycles. The minimum atomic E-state index is -0.955. The number of urea groups is 1. The molecular formula is C17H19N3O7. The molecule has 27 heavy (non-hydrogen) atoms. The van der Waals surface area contributed by atoms with E-state index in [0.717, 1.165) is 12.5 Å². The Balaban J connectivity index is 2.45. The highest BCUT2D eigenvalue weighted by Gasteiger charge is 2.29. The lowest BCUT2D eigenvalue weighted by Gasteiger charge is -2.15. The van der Waals surface area contributed by atoms with E-state index in [1.54, 1.807) is 0 Å². The SMILES string of the molecule is COc1cc(C=C2C(=O)NC(=O)NC2=O)c([N+](=O)[O-])cc1OCCC(C)C. The standard InChI is InChI=1S/C17H19N3O7/c1-9(2)4-5-27-14-8-12(20(24)25)10(7-13(14)26-3)6-11-15(21)18-17(23)19-16(11)22/h6-9H,4-5H2,1-3H3,(H2,18,19,21,22,23). The summed E-state index contributed by atoms with van der Waals surface area (Å²) in [4.78, 5) is 45.6. The first-order valence-electron chi connectivity index (χ1n) is 8.10. The maximum atomic E-state index is 11.8. The summed E-state index contributed by atoms with van der Waals surface area (Å²) in [7, 11) is 1.37. The van der Waals surface area contributed by atoms with Crippen LogP contribution in [0.5, 0.6) is 11.5 Å². The summed E-state index contributed by atoms with van der Waals surface area (Å²) >= 11 is 0. The first kappa shape index (κ1) is 19.9. The summed E-state index contributed by atoms with van der Waals surface area (Å²) in [6, 6.07) is 1.52. The van der Waals surface area contributed by atoms with E-state index in [-0.39, 0.29) is 22.7 Å². The molecule has 0 atom stereocenters. The molecule has 4 amide bonds. The Hall–Kier alpha value is -3.43. The Bertz CT molecular complexity index is 808. The topological polar surface area (TPSA) is 137 Å². The molecule has 0 radical (unpaired) electrons. The zero-order valence-electron chi connectivity index (χ0n) is 15.0. The molecule has 2 rings (SSSR count). The molecule has 1 aromatic rings. The predicted molar refractivity (Wildman–Crippen MR) is 94.3 cm³/mol. The molecule has 1 fully saturated rings. The van der Waals surface area contributed by atoms with Crippen LogP contribution in [0, 0.1) is 16.0 Å². The molecule has 10 heteroatoms. The van der Waals surface area contributed by atoms with Crippen LogP contribution < -0.4 is 20.1 Å². The summed E-state index contributed by atoms with van der Waals surface area (Å²) in [5, 5.41) is 15.2. The van der Waals surface area contributed by atoms with Gasteiger partial charge in [-0.2, -0.15) is 0 Å². The number of rotatable bonds is 7. The van der Waals surface area contributed by atoms with E-state index in [2.05, 4.69) is 0 Å². The number of nitrogens with one attached hydrogen (secondary N) is 2. The number of hydrogen-bond donors (Lipinski definition) is 2. The van der Waals surface area contributed by atoms with Crippen LogP contribution >= 0.6 is 0 Å². The number of nitro benzene ring substituents is 1. The van der Waals surface area contributed by atoms with Gasteiger partial charge in [-0.25, -0.2) is 4.79 Å². The van der Waals surface area contributed by atoms with Gasteiger partial charge in [0.05, 0.1) is 30.3 Å². The van der Waals surface area contributed by atoms with Crippen LogP contribution in [0.25, 0.3) is 6.08 Å². The number of imide groups is 2. The van der Waals surface area contributed by atoms with Gasteiger partial charge in [0.1, 0.15) is 5.57 Å². The number of carbonyl (C=O) groups excluding carboxylic acids is 3. The van der Waals surface area contributed by atoms with Gasteiger partial charge >= 0.3 is 6.03 Å². The van der Waals surface area contributed by atoms with Crippen molar-refractivity contribution in [3.05, 3.63) is 33.4 Å². The minimum Gasteiger partial charge on any atom is -0.493 e. The molecule has 0 bridgehead atoms. The van der Waals surface area contributed by atoms with Crippen molar-refractivity contribution in [1.82, 2.24) is 10.6 Å². The van der Waals surface area contributed by atoms with Crippen LogP contribution in [0.4, 0.5) is 10.5 Å². The normalized spacial score (nSPS) is 13.9. The number of nitrogens with zero attached hydrogens (tertiary/aromatic N) is 1. The van der Waals surface area contributed by atoms with Crippen LogP contribution in [0.2, 0.25) is 0 Å². The Morgan fingerprint density at radius 3 is 2.30 bits per heavy atom. The Labute approximate surface area is 154 Å². The van der Waals surface area contributed by atoms with Crippen LogP contribution in [0.1, 0.15) is 25.8 Å². The third-order valence-electron chi connectivity index (χ3n) is 3.71. The van der Waals surface area contributed by atoms with Gasteiger partial charge in [-0.1, -0.05) is 13.8 Å². The van der Waals surface area contributed by atoms with Gasteiger partial charge in [0.2, 0.25) is 0 Å². The quantitative estimate of drug-likeness (QED) is 0.320. The molecule has 144 valence electrons. The van der Waals surface area contributed by atoms with Crippen LogP contribution in [0.3, 0.4) is 0 Å². The Morgan fingerprint density at radius 2 is 1.78 bits per heavy atom. The van der Waals surface area contributed by atoms with Gasteiger partial charge in [0.15, 0.2) is 11.5 Å². The smallest absolute Gasteiger partial charge is 0.328 e. The predicted octanol–water partition coefficient (Wildman–Crippen LogP) is 1.78. The van der Waals surface area contributed by atoms with Crippen molar-refractivity contribution >= 4 is 29.6 Å². The Kier molecular flexibility index (Phi) is 6.11. The molecule has 0 aliphatic carbocycles. The second kappa shape index (κ2) is 8.30. The highest BCUT2D eigenvalue weighted by Crippen LogP contribution is 2.36. The number of benzene rings is 1. The van der Waals surface area contributed by atoms with Gasteiger partial charge in [-0.3, -0.25) is 30.3 Å². The highest BCUT2D eigenvalue weighted by atomic mass is 16.6. The maximum absolute atomic E-state index is 11.8. The van der Waals surface area contributed by atoms with Crippen LogP contribution in [-0.2, 0) is 9.59 Å². The third kappa shape index (κ3) is 4.81. The second-order valence-electron chi connectivity index (χ2n) is 6.15. The number of methoxy groups -OCH3 is 1. The van der Waals surface area contributed by atoms with E-state index >= 15 is 0 Å². The van der Waals surface area contributed by atoms with Crippen molar-refractivity contribution in [2.75, 3.05) is 13.7 Å². The first-order chi connectivity index (χ1) is 12.7. The molecule has 1 aliphatic heterocycles. The lowest BCUT2D eigenvalue weighted by atomic mass is 10.1. The van der Waals surface area contributed by atoms with E-state index in [1.807, 2.05) is 24.5 Å². The summed E-state index contributed by atoms with van der Waals surface area (Å²) < 4.78 is 10.8. The minimum absolute atomic E-state index is 0.0392. The van der Waals surface area contributed by atoms with E-state index in [9.17, 15) is 24.5 Å². The molecule has 1 aliphatic rings. The van der Waals surface area contributed by atoms with Gasteiger partial charge in [0, 0.05) is 0 Å². The van der Waals surface area contributed by atoms with Crippen molar-refractivity contribution in [1.29, 1.82) is 0 Å². The molecule has 1 saturated heterocycles. The highest BCUT2D eigenvalue weighted by molar-refractivity contribution is 6.31. The van der Waals surface area contributed by atoms with E-state index in [4.69, 9.17) is 9.47 Å². The average molecular weight is 377 g/mol. The second-order valence-corrected chi connectivity index (χ2v) is 6.15. The number of carbonyl (C=O) groups is 3. The van der Waals surface area contributed by atoms with E-state index < -0.39 is 28.3 Å². The third-order valence-corrected chi connectivity index (χ3v) is 3.71. The first-order valence-corrected chi connectivity index (χ1v) is 8.10. The fraction of sp³-hybridized carbons (Fsp3) is 0.353. The average Bonchev–Trinajstić information content (AvgIpc) is 2.57. The van der Waals surface area contributed by atoms with Gasteiger partial charge in [0.25, 0.3) is 17.5 Å². The summed E-state index contributed by atoms with van der Waals surface area (Å²) in [5.74, 6) is -1.12. The van der Waals surface area contributed by atoms with Crippen molar-refractivity contribution in [2.24, 2.45) is 5.92 Å². The van der Waals surface area contributed by atoms with Crippen molar-refractivity contribution in [3.63, 3.8) is 0 Å². The number of nitro groups is 1. The zero-order chi connectivity index (χ0) is 20.1. The summed E-state index contributed by atoms with van der Waals surface area (Å²) in [6.07, 6.45) is 1.77. The van der Waals surface area contributed by atoms with E-state index in [1.165, 1.54) is 19.2 Å². The fourth-order valence-electron chi connectivity index (χ4n) is 2.28. The number of ether oxygens (including phenoxy) is 2. The molecule has 1 aromatic carbocycles. The largest absolute Gasteiger partial charge is 0.493 e. The van der Waals surface area contributed by atoms with Crippen molar-refractivity contribution in [2.45, 2.75) is 20.3 Å². The van der Waals surface area contributed by atoms with Crippen molar-refractivity contribution in [3.8, 4) is 11.5 Å². The van der Waals surface area contributed by atoms with Crippen LogP contribution in [-0.4, -0.2) is 36.5 Å². The zero-order valence-corrected chi connectivity index (χ0v) is 15.0. The fourth-order valence-corrected chi connectivity index (χ4v) is 2.28. The lowest BCUT2D eigenvalue weighted by Crippen LogP contribution is -2.51. The van der Waals surface area contributed by atoms with E-state index in [0.29, 0.717) is 12.5 Å². The molecule has 0 unspecified atom stereocenters. The summed E-state index contributed by atoms with van der Waals surface area (Å²) in [5.41, 5.74) is -0.851. The lowest BCUT2D eigenvalue weighted by molar-refractivity contribution is -0.385. The molecule has 10 nitrogen and oxygen atoms in total. The van der Waals surface area contributed by atoms with Crippen molar-refractivity contribution < 1.29 is 28.8 Å². The summed E-state index contributed by atoms with van der Waals surface area (Å²) in [6.45, 7) is 4.38. The monoisotopic (exact) mass is 377 g/mol. The van der Waals surface area contributed by atoms with Gasteiger partial charge in [-0.05, 0) is 24.5 Å². The molecule has 0 spiro atoms. The molecular weight excluding hydrogens is 358 g/mol. The van der Waals surface area contributed by atoms with Gasteiger partial charge < -0.3 is 9.47 Å². The maximum Gasteiger partial charge on any atom is 0.328 e. The molecule has 0 saturated carbocycles. The molecule has 0 aromatic heterocycles. The number of hydrogen-bond acceptors (Lipinski definition) is 7. The van der Waals surface area contributed by atoms with Gasteiger partial charge in [-0.15, -0.1) is 0 Å². The number of barbiturate groups is 1. The molecule has 2 N–H and O–H groups in total. The van der Waals surface area contributed by atoms with Crippen LogP contribution in [0.15, 0.2) is 17.7 Å². The Morgan fingerprint density at radius 1 is 1.15 bits per heavy atom.